The number of hydrazine groups is 1. The molecule has 4 nitrogen and oxygen atoms in total. The van der Waals surface area contributed by atoms with Crippen molar-refractivity contribution in [1.82, 2.24) is 9.97 Å². The molecule has 1 heterocycles. The number of nitrogens with zero attached hydrogens (tertiary/aromatic N) is 2. The lowest BCUT2D eigenvalue weighted by Gasteiger charge is -2.08. The second-order valence-corrected chi connectivity index (χ2v) is 4.39. The van der Waals surface area contributed by atoms with Gasteiger partial charge in [0.1, 0.15) is 5.82 Å². The predicted molar refractivity (Wildman–Crippen MR) is 74.2 cm³/mol. The van der Waals surface area contributed by atoms with Crippen LogP contribution in [0.15, 0.2) is 30.3 Å². The van der Waals surface area contributed by atoms with Crippen LogP contribution in [0.4, 0.5) is 14.6 Å². The van der Waals surface area contributed by atoms with Gasteiger partial charge in [-0.1, -0.05) is 31.5 Å². The number of anilines is 1. The first-order valence-corrected chi connectivity index (χ1v) is 6.37. The largest absolute Gasteiger partial charge is 0.308 e. The molecule has 20 heavy (non-hydrogen) atoms. The number of rotatable bonds is 5. The fourth-order valence-electron chi connectivity index (χ4n) is 1.90. The number of hydrogen-bond acceptors (Lipinski definition) is 4. The van der Waals surface area contributed by atoms with Gasteiger partial charge in [-0.15, -0.1) is 0 Å². The summed E-state index contributed by atoms with van der Waals surface area (Å²) in [6.45, 7) is 2.04. The van der Waals surface area contributed by atoms with Gasteiger partial charge in [-0.25, -0.2) is 24.6 Å². The molecule has 0 atom stereocenters. The quantitative estimate of drug-likeness (QED) is 0.650. The number of nitrogen functional groups attached to an aromatic ring is 1. The molecule has 0 radical (unpaired) electrons. The number of halogens is 2. The molecule has 0 aliphatic heterocycles. The third-order valence-corrected chi connectivity index (χ3v) is 2.83. The maximum atomic E-state index is 12.7. The molecule has 2 aromatic rings. The monoisotopic (exact) mass is 278 g/mol. The van der Waals surface area contributed by atoms with Gasteiger partial charge in [0.25, 0.3) is 6.43 Å². The molecule has 0 amide bonds. The van der Waals surface area contributed by atoms with Crippen LogP contribution < -0.4 is 11.3 Å². The van der Waals surface area contributed by atoms with E-state index < -0.39 is 6.43 Å². The zero-order chi connectivity index (χ0) is 14.5. The maximum absolute atomic E-state index is 12.7. The Hall–Kier alpha value is -2.08. The summed E-state index contributed by atoms with van der Waals surface area (Å²) < 4.78 is 25.5. The molecule has 1 aromatic heterocycles. The van der Waals surface area contributed by atoms with E-state index in [1.807, 2.05) is 6.92 Å². The van der Waals surface area contributed by atoms with Gasteiger partial charge >= 0.3 is 0 Å². The fraction of sp³-hybridized carbons (Fsp3) is 0.286. The smallest absolute Gasteiger partial charge is 0.263 e. The van der Waals surface area contributed by atoms with E-state index in [4.69, 9.17) is 5.84 Å². The van der Waals surface area contributed by atoms with Crippen molar-refractivity contribution in [2.24, 2.45) is 5.84 Å². The SMILES string of the molecule is CCCc1cc(NN)nc(-c2cccc(C(F)F)c2)n1. The first kappa shape index (κ1) is 14.3. The minimum atomic E-state index is -2.51. The molecule has 0 unspecified atom stereocenters. The van der Waals surface area contributed by atoms with E-state index in [2.05, 4.69) is 15.4 Å². The second kappa shape index (κ2) is 6.38. The average molecular weight is 278 g/mol. The average Bonchev–Trinajstić information content (AvgIpc) is 2.47. The lowest BCUT2D eigenvalue weighted by molar-refractivity contribution is 0.151. The molecule has 0 spiro atoms. The van der Waals surface area contributed by atoms with Crippen LogP contribution in [0.1, 0.15) is 31.0 Å². The van der Waals surface area contributed by atoms with Crippen molar-refractivity contribution in [2.45, 2.75) is 26.2 Å². The summed E-state index contributed by atoms with van der Waals surface area (Å²) in [6.07, 6.45) is -0.808. The van der Waals surface area contributed by atoms with Gasteiger partial charge in [0.15, 0.2) is 5.82 Å². The summed E-state index contributed by atoms with van der Waals surface area (Å²) in [5.74, 6) is 6.25. The minimum absolute atomic E-state index is 0.0470. The van der Waals surface area contributed by atoms with Crippen LogP contribution >= 0.6 is 0 Å². The highest BCUT2D eigenvalue weighted by Crippen LogP contribution is 2.24. The second-order valence-electron chi connectivity index (χ2n) is 4.39. The molecule has 0 aliphatic rings. The first-order chi connectivity index (χ1) is 9.63. The number of alkyl halides is 2. The molecule has 0 saturated heterocycles. The minimum Gasteiger partial charge on any atom is -0.308 e. The Morgan fingerprint density at radius 3 is 2.70 bits per heavy atom. The van der Waals surface area contributed by atoms with Crippen molar-refractivity contribution in [3.05, 3.63) is 41.6 Å². The Kier molecular flexibility index (Phi) is 4.57. The number of benzene rings is 1. The van der Waals surface area contributed by atoms with Crippen LogP contribution in [0, 0.1) is 0 Å². The molecule has 2 rings (SSSR count). The topological polar surface area (TPSA) is 63.8 Å². The van der Waals surface area contributed by atoms with Gasteiger partial charge in [0.2, 0.25) is 0 Å². The zero-order valence-electron chi connectivity index (χ0n) is 11.1. The molecular formula is C14H16F2N4. The molecule has 6 heteroatoms. The van der Waals surface area contributed by atoms with Crippen molar-refractivity contribution >= 4 is 5.82 Å². The van der Waals surface area contributed by atoms with E-state index in [0.29, 0.717) is 17.2 Å². The fourth-order valence-corrected chi connectivity index (χ4v) is 1.90. The van der Waals surface area contributed by atoms with Gasteiger partial charge in [-0.3, -0.25) is 0 Å². The molecular weight excluding hydrogens is 262 g/mol. The third kappa shape index (κ3) is 3.27. The van der Waals surface area contributed by atoms with Crippen molar-refractivity contribution in [3.63, 3.8) is 0 Å². The van der Waals surface area contributed by atoms with E-state index in [9.17, 15) is 8.78 Å². The summed E-state index contributed by atoms with van der Waals surface area (Å²) in [7, 11) is 0. The lowest BCUT2D eigenvalue weighted by atomic mass is 10.1. The van der Waals surface area contributed by atoms with Crippen molar-refractivity contribution < 1.29 is 8.78 Å². The van der Waals surface area contributed by atoms with E-state index in [1.54, 1.807) is 18.2 Å². The zero-order valence-corrected chi connectivity index (χ0v) is 11.1. The van der Waals surface area contributed by atoms with Crippen LogP contribution in [0.2, 0.25) is 0 Å². The molecule has 0 bridgehead atoms. The number of hydrogen-bond donors (Lipinski definition) is 2. The molecule has 0 aliphatic carbocycles. The standard InChI is InChI=1S/C14H16F2N4/c1-2-4-11-8-12(20-17)19-14(18-11)10-6-3-5-9(7-10)13(15)16/h3,5-8,13H,2,4,17H2,1H3,(H,18,19,20). The van der Waals surface area contributed by atoms with Crippen LogP contribution in [-0.4, -0.2) is 9.97 Å². The summed E-state index contributed by atoms with van der Waals surface area (Å²) in [5, 5.41) is 0. The van der Waals surface area contributed by atoms with E-state index in [0.717, 1.165) is 18.5 Å². The maximum Gasteiger partial charge on any atom is 0.263 e. The molecule has 0 saturated carbocycles. The Balaban J connectivity index is 2.45. The Bertz CT molecular complexity index is 587. The highest BCUT2D eigenvalue weighted by atomic mass is 19.3. The molecule has 1 aromatic carbocycles. The van der Waals surface area contributed by atoms with Crippen molar-refractivity contribution in [2.75, 3.05) is 5.43 Å². The van der Waals surface area contributed by atoms with E-state index >= 15 is 0 Å². The van der Waals surface area contributed by atoms with Crippen LogP contribution in [0.5, 0.6) is 0 Å². The number of aryl methyl sites for hydroxylation is 1. The van der Waals surface area contributed by atoms with Crippen LogP contribution in [0.3, 0.4) is 0 Å². The van der Waals surface area contributed by atoms with Gasteiger partial charge in [-0.05, 0) is 12.5 Å². The summed E-state index contributed by atoms with van der Waals surface area (Å²) in [5.41, 5.74) is 3.81. The molecule has 0 fully saturated rings. The summed E-state index contributed by atoms with van der Waals surface area (Å²) in [6, 6.07) is 7.81. The Morgan fingerprint density at radius 2 is 2.05 bits per heavy atom. The Labute approximate surface area is 116 Å². The summed E-state index contributed by atoms with van der Waals surface area (Å²) >= 11 is 0. The van der Waals surface area contributed by atoms with Crippen LogP contribution in [0.25, 0.3) is 11.4 Å². The van der Waals surface area contributed by atoms with Crippen molar-refractivity contribution in [1.29, 1.82) is 0 Å². The van der Waals surface area contributed by atoms with Gasteiger partial charge in [0, 0.05) is 22.9 Å². The van der Waals surface area contributed by atoms with Gasteiger partial charge in [-0.2, -0.15) is 0 Å². The van der Waals surface area contributed by atoms with E-state index in [-0.39, 0.29) is 5.56 Å². The van der Waals surface area contributed by atoms with Crippen molar-refractivity contribution in [3.8, 4) is 11.4 Å². The lowest BCUT2D eigenvalue weighted by Crippen LogP contribution is -2.10. The summed E-state index contributed by atoms with van der Waals surface area (Å²) in [4.78, 5) is 8.60. The number of nitrogens with one attached hydrogen (secondary N) is 1. The first-order valence-electron chi connectivity index (χ1n) is 6.37. The van der Waals surface area contributed by atoms with Gasteiger partial charge in [0.05, 0.1) is 0 Å². The highest BCUT2D eigenvalue weighted by Gasteiger charge is 2.11. The molecule has 3 N–H and O–H groups in total. The number of nitrogens with two attached hydrogens (primary N) is 1. The molecule has 106 valence electrons. The van der Waals surface area contributed by atoms with Crippen LogP contribution in [-0.2, 0) is 6.42 Å². The third-order valence-electron chi connectivity index (χ3n) is 2.83. The normalized spacial score (nSPS) is 10.8. The van der Waals surface area contributed by atoms with E-state index in [1.165, 1.54) is 12.1 Å². The number of aromatic nitrogens is 2. The predicted octanol–water partition coefficient (Wildman–Crippen LogP) is 3.32. The van der Waals surface area contributed by atoms with Gasteiger partial charge < -0.3 is 5.43 Å². The highest BCUT2D eigenvalue weighted by molar-refractivity contribution is 5.58. The Morgan fingerprint density at radius 1 is 1.25 bits per heavy atom.